The first-order valence-electron chi connectivity index (χ1n) is 6.97. The Hall–Kier alpha value is -1.85. The fourth-order valence-corrected chi connectivity index (χ4v) is 3.08. The smallest absolute Gasteiger partial charge is 0.134 e. The lowest BCUT2D eigenvalue weighted by Gasteiger charge is -2.14. The maximum atomic E-state index is 5.96. The number of rotatable bonds is 6. The summed E-state index contributed by atoms with van der Waals surface area (Å²) in [6.45, 7) is 2.99. The van der Waals surface area contributed by atoms with Crippen molar-refractivity contribution in [2.24, 2.45) is 0 Å². The number of benzene rings is 1. The van der Waals surface area contributed by atoms with Gasteiger partial charge in [-0.15, -0.1) is 11.8 Å². The molecule has 0 aliphatic rings. The third-order valence-electron chi connectivity index (χ3n) is 3.18. The Morgan fingerprint density at radius 2 is 2.19 bits per heavy atom. The lowest BCUT2D eigenvalue weighted by molar-refractivity contribution is 0.463. The van der Waals surface area contributed by atoms with Gasteiger partial charge in [0.05, 0.1) is 12.2 Å². The minimum Gasteiger partial charge on any atom is -0.459 e. The Labute approximate surface area is 128 Å². The van der Waals surface area contributed by atoms with E-state index in [-0.39, 0.29) is 6.04 Å². The summed E-state index contributed by atoms with van der Waals surface area (Å²) in [6.07, 6.45) is 5.18. The van der Waals surface area contributed by atoms with Crippen molar-refractivity contribution in [2.75, 3.05) is 12.3 Å². The van der Waals surface area contributed by atoms with Gasteiger partial charge in [0.15, 0.2) is 0 Å². The van der Waals surface area contributed by atoms with Crippen LogP contribution in [0.1, 0.15) is 18.7 Å². The number of thioether (sulfide) groups is 1. The van der Waals surface area contributed by atoms with Crippen molar-refractivity contribution < 1.29 is 4.42 Å². The maximum absolute atomic E-state index is 5.96. The van der Waals surface area contributed by atoms with E-state index in [0.717, 1.165) is 34.1 Å². The highest BCUT2D eigenvalue weighted by atomic mass is 32.2. The van der Waals surface area contributed by atoms with Crippen LogP contribution in [-0.2, 0) is 0 Å². The first kappa shape index (κ1) is 14.1. The SMILES string of the molecule is CCNC(CSc1cnccn1)c1cc2ccccc2o1. The molecule has 4 nitrogen and oxygen atoms in total. The summed E-state index contributed by atoms with van der Waals surface area (Å²) in [6, 6.07) is 10.4. The van der Waals surface area contributed by atoms with Gasteiger partial charge in [0.25, 0.3) is 0 Å². The van der Waals surface area contributed by atoms with Crippen LogP contribution in [0, 0.1) is 0 Å². The third kappa shape index (κ3) is 3.43. The van der Waals surface area contributed by atoms with Gasteiger partial charge in [-0.3, -0.25) is 4.98 Å². The van der Waals surface area contributed by atoms with Crippen molar-refractivity contribution in [1.82, 2.24) is 15.3 Å². The van der Waals surface area contributed by atoms with Crippen molar-refractivity contribution in [3.63, 3.8) is 0 Å². The van der Waals surface area contributed by atoms with Crippen LogP contribution in [0.2, 0.25) is 0 Å². The number of nitrogens with zero attached hydrogens (tertiary/aromatic N) is 2. The zero-order chi connectivity index (χ0) is 14.5. The Morgan fingerprint density at radius 3 is 2.95 bits per heavy atom. The molecule has 0 saturated carbocycles. The molecule has 0 spiro atoms. The van der Waals surface area contributed by atoms with Crippen molar-refractivity contribution in [3.8, 4) is 0 Å². The van der Waals surface area contributed by atoms with Crippen LogP contribution in [0.5, 0.6) is 0 Å². The Bertz CT molecular complexity index is 666. The molecule has 3 aromatic rings. The molecule has 0 radical (unpaired) electrons. The predicted octanol–water partition coefficient (Wildman–Crippen LogP) is 3.67. The van der Waals surface area contributed by atoms with E-state index in [9.17, 15) is 0 Å². The number of hydrogen-bond acceptors (Lipinski definition) is 5. The zero-order valence-corrected chi connectivity index (χ0v) is 12.6. The topological polar surface area (TPSA) is 51.0 Å². The van der Waals surface area contributed by atoms with Gasteiger partial charge >= 0.3 is 0 Å². The molecule has 0 saturated heterocycles. The lowest BCUT2D eigenvalue weighted by atomic mass is 10.2. The van der Waals surface area contributed by atoms with Crippen LogP contribution in [0.4, 0.5) is 0 Å². The van der Waals surface area contributed by atoms with E-state index in [2.05, 4.69) is 34.3 Å². The number of hydrogen-bond donors (Lipinski definition) is 1. The van der Waals surface area contributed by atoms with Gasteiger partial charge in [-0.05, 0) is 18.7 Å². The highest BCUT2D eigenvalue weighted by Gasteiger charge is 2.16. The number of nitrogens with one attached hydrogen (secondary N) is 1. The first-order valence-corrected chi connectivity index (χ1v) is 7.96. The van der Waals surface area contributed by atoms with E-state index in [0.29, 0.717) is 0 Å². The van der Waals surface area contributed by atoms with Crippen LogP contribution < -0.4 is 5.32 Å². The summed E-state index contributed by atoms with van der Waals surface area (Å²) in [7, 11) is 0. The van der Waals surface area contributed by atoms with Gasteiger partial charge in [0, 0.05) is 23.5 Å². The second-order valence-electron chi connectivity index (χ2n) is 4.65. The van der Waals surface area contributed by atoms with Crippen LogP contribution >= 0.6 is 11.8 Å². The number of fused-ring (bicyclic) bond motifs is 1. The molecule has 2 aromatic heterocycles. The summed E-state index contributed by atoms with van der Waals surface area (Å²) >= 11 is 1.68. The molecule has 1 N–H and O–H groups in total. The normalized spacial score (nSPS) is 12.6. The number of furan rings is 1. The summed E-state index contributed by atoms with van der Waals surface area (Å²) in [5.74, 6) is 1.82. The average Bonchev–Trinajstić information content (AvgIpc) is 2.96. The number of para-hydroxylation sites is 1. The predicted molar refractivity (Wildman–Crippen MR) is 85.4 cm³/mol. The standard InChI is InChI=1S/C16H17N3OS/c1-2-18-13(11-21-16-10-17-7-8-19-16)15-9-12-5-3-4-6-14(12)20-15/h3-10,13,18H,2,11H2,1H3. The second kappa shape index (κ2) is 6.74. The summed E-state index contributed by atoms with van der Waals surface area (Å²) in [5.41, 5.74) is 0.930. The zero-order valence-electron chi connectivity index (χ0n) is 11.8. The molecule has 0 fully saturated rings. The first-order chi connectivity index (χ1) is 10.4. The Morgan fingerprint density at radius 1 is 1.29 bits per heavy atom. The molecule has 2 heterocycles. The molecule has 108 valence electrons. The van der Waals surface area contributed by atoms with Crippen molar-refractivity contribution in [2.45, 2.75) is 18.0 Å². The molecule has 0 bridgehead atoms. The monoisotopic (exact) mass is 299 g/mol. The highest BCUT2D eigenvalue weighted by molar-refractivity contribution is 7.99. The van der Waals surface area contributed by atoms with E-state index in [1.165, 1.54) is 0 Å². The fraction of sp³-hybridized carbons (Fsp3) is 0.250. The summed E-state index contributed by atoms with van der Waals surface area (Å²) < 4.78 is 5.96. The molecule has 0 aliphatic carbocycles. The van der Waals surface area contributed by atoms with Crippen molar-refractivity contribution in [3.05, 3.63) is 54.7 Å². The van der Waals surface area contributed by atoms with E-state index in [1.54, 1.807) is 30.4 Å². The molecular weight excluding hydrogens is 282 g/mol. The van der Waals surface area contributed by atoms with E-state index < -0.39 is 0 Å². The molecule has 0 aliphatic heterocycles. The second-order valence-corrected chi connectivity index (χ2v) is 5.69. The number of aromatic nitrogens is 2. The molecule has 1 atom stereocenters. The van der Waals surface area contributed by atoms with Crippen LogP contribution in [0.25, 0.3) is 11.0 Å². The van der Waals surface area contributed by atoms with Gasteiger partial charge in [-0.25, -0.2) is 4.98 Å². The van der Waals surface area contributed by atoms with Crippen LogP contribution in [-0.4, -0.2) is 22.3 Å². The summed E-state index contributed by atoms with van der Waals surface area (Å²) in [5, 5.41) is 5.53. The van der Waals surface area contributed by atoms with Crippen molar-refractivity contribution >= 4 is 22.7 Å². The van der Waals surface area contributed by atoms with Crippen LogP contribution in [0.3, 0.4) is 0 Å². The van der Waals surface area contributed by atoms with E-state index >= 15 is 0 Å². The highest BCUT2D eigenvalue weighted by Crippen LogP contribution is 2.27. The van der Waals surface area contributed by atoms with E-state index in [4.69, 9.17) is 4.42 Å². The summed E-state index contributed by atoms with van der Waals surface area (Å²) in [4.78, 5) is 8.38. The van der Waals surface area contributed by atoms with Crippen molar-refractivity contribution in [1.29, 1.82) is 0 Å². The minimum absolute atomic E-state index is 0.161. The molecule has 21 heavy (non-hydrogen) atoms. The Balaban J connectivity index is 1.77. The molecule has 0 amide bonds. The molecular formula is C16H17N3OS. The van der Waals surface area contributed by atoms with Gasteiger partial charge in [-0.2, -0.15) is 0 Å². The van der Waals surface area contributed by atoms with Gasteiger partial charge in [0.2, 0.25) is 0 Å². The van der Waals surface area contributed by atoms with E-state index in [1.807, 2.05) is 18.2 Å². The van der Waals surface area contributed by atoms with Crippen LogP contribution in [0.15, 0.2) is 58.4 Å². The minimum atomic E-state index is 0.161. The fourth-order valence-electron chi connectivity index (χ4n) is 2.19. The Kier molecular flexibility index (Phi) is 4.52. The lowest BCUT2D eigenvalue weighted by Crippen LogP contribution is -2.22. The van der Waals surface area contributed by atoms with Gasteiger partial charge in [0.1, 0.15) is 16.4 Å². The maximum Gasteiger partial charge on any atom is 0.134 e. The van der Waals surface area contributed by atoms with Gasteiger partial charge in [-0.1, -0.05) is 25.1 Å². The van der Waals surface area contributed by atoms with Gasteiger partial charge < -0.3 is 9.73 Å². The molecule has 5 heteroatoms. The quantitative estimate of drug-likeness (QED) is 0.704. The molecule has 3 rings (SSSR count). The third-order valence-corrected chi connectivity index (χ3v) is 4.18. The average molecular weight is 299 g/mol. The molecule has 1 aromatic carbocycles. The largest absolute Gasteiger partial charge is 0.459 e. The molecule has 1 unspecified atom stereocenters.